The van der Waals surface area contributed by atoms with Crippen molar-refractivity contribution in [3.8, 4) is 0 Å². The fourth-order valence-electron chi connectivity index (χ4n) is 3.21. The molecule has 4 nitrogen and oxygen atoms in total. The zero-order valence-corrected chi connectivity index (χ0v) is 11.9. The van der Waals surface area contributed by atoms with Gasteiger partial charge in [-0.3, -0.25) is 9.48 Å². The summed E-state index contributed by atoms with van der Waals surface area (Å²) in [4.78, 5) is 12.6. The molecule has 106 valence electrons. The Hall–Kier alpha value is -1.16. The van der Waals surface area contributed by atoms with Gasteiger partial charge >= 0.3 is 0 Å². The molecule has 0 bridgehead atoms. The molecular weight excluding hydrogens is 240 g/mol. The number of rotatable bonds is 5. The van der Waals surface area contributed by atoms with E-state index in [9.17, 15) is 4.79 Å². The highest BCUT2D eigenvalue weighted by atomic mass is 16.3. The Balaban J connectivity index is 2.11. The van der Waals surface area contributed by atoms with Crippen molar-refractivity contribution in [2.75, 3.05) is 6.61 Å². The van der Waals surface area contributed by atoms with Gasteiger partial charge in [-0.25, -0.2) is 0 Å². The van der Waals surface area contributed by atoms with E-state index in [2.05, 4.69) is 18.9 Å². The number of aliphatic hydroxyl groups is 1. The molecule has 1 aromatic rings. The fraction of sp³-hybridized carbons (Fsp3) is 0.733. The van der Waals surface area contributed by atoms with Crippen molar-refractivity contribution in [1.29, 1.82) is 0 Å². The standard InChI is InChI=1S/C15H24N2O2/c1-11(2)13-5-3-4-6-14(13)15(19)12-9-16-17(10-12)7-8-18/h9-11,13-14,18H,3-8H2,1-2H3. The van der Waals surface area contributed by atoms with Crippen molar-refractivity contribution in [1.82, 2.24) is 9.78 Å². The van der Waals surface area contributed by atoms with E-state index in [0.29, 0.717) is 23.9 Å². The maximum absolute atomic E-state index is 12.6. The fourth-order valence-corrected chi connectivity index (χ4v) is 3.21. The second kappa shape index (κ2) is 6.33. The summed E-state index contributed by atoms with van der Waals surface area (Å²) >= 11 is 0. The predicted molar refractivity (Wildman–Crippen MR) is 73.9 cm³/mol. The summed E-state index contributed by atoms with van der Waals surface area (Å²) < 4.78 is 1.64. The zero-order chi connectivity index (χ0) is 13.8. The van der Waals surface area contributed by atoms with Gasteiger partial charge in [0.1, 0.15) is 0 Å². The van der Waals surface area contributed by atoms with Crippen LogP contribution in [0.3, 0.4) is 0 Å². The van der Waals surface area contributed by atoms with E-state index >= 15 is 0 Å². The van der Waals surface area contributed by atoms with Crippen LogP contribution in [0.25, 0.3) is 0 Å². The van der Waals surface area contributed by atoms with E-state index in [1.807, 2.05) is 0 Å². The number of ketones is 1. The Morgan fingerprint density at radius 2 is 2.21 bits per heavy atom. The minimum Gasteiger partial charge on any atom is -0.394 e. The van der Waals surface area contributed by atoms with Crippen LogP contribution in [0.1, 0.15) is 49.9 Å². The summed E-state index contributed by atoms with van der Waals surface area (Å²) in [7, 11) is 0. The van der Waals surface area contributed by atoms with Crippen LogP contribution in [0.4, 0.5) is 0 Å². The molecule has 1 heterocycles. The second-order valence-electron chi connectivity index (χ2n) is 5.88. The second-order valence-corrected chi connectivity index (χ2v) is 5.88. The highest BCUT2D eigenvalue weighted by molar-refractivity contribution is 5.97. The van der Waals surface area contributed by atoms with Crippen molar-refractivity contribution in [3.63, 3.8) is 0 Å². The van der Waals surface area contributed by atoms with Gasteiger partial charge in [0.2, 0.25) is 0 Å². The normalized spacial score (nSPS) is 23.8. The Labute approximate surface area is 114 Å². The number of nitrogens with zero attached hydrogens (tertiary/aromatic N) is 2. The lowest BCUT2D eigenvalue weighted by Crippen LogP contribution is -2.30. The molecule has 0 spiro atoms. The maximum atomic E-state index is 12.6. The molecule has 4 heteroatoms. The third-order valence-electron chi connectivity index (χ3n) is 4.26. The molecule has 19 heavy (non-hydrogen) atoms. The number of Topliss-reactive ketones (excluding diaryl/α,β-unsaturated/α-hetero) is 1. The predicted octanol–water partition coefficient (Wildman–Crippen LogP) is 2.52. The Morgan fingerprint density at radius 3 is 2.89 bits per heavy atom. The van der Waals surface area contributed by atoms with E-state index in [4.69, 9.17) is 5.11 Å². The zero-order valence-electron chi connectivity index (χ0n) is 11.9. The molecule has 1 aromatic heterocycles. The molecule has 0 radical (unpaired) electrons. The lowest BCUT2D eigenvalue weighted by molar-refractivity contribution is 0.0776. The van der Waals surface area contributed by atoms with Gasteiger partial charge in [0, 0.05) is 12.1 Å². The maximum Gasteiger partial charge on any atom is 0.169 e. The number of aromatic nitrogens is 2. The molecule has 1 saturated carbocycles. The molecule has 1 fully saturated rings. The average molecular weight is 264 g/mol. The minimum atomic E-state index is 0.0490. The molecule has 0 saturated heterocycles. The molecule has 2 atom stereocenters. The van der Waals surface area contributed by atoms with Crippen LogP contribution in [0.2, 0.25) is 0 Å². The van der Waals surface area contributed by atoms with Gasteiger partial charge in [0.15, 0.2) is 5.78 Å². The molecular formula is C15H24N2O2. The van der Waals surface area contributed by atoms with Crippen LogP contribution in [0.5, 0.6) is 0 Å². The summed E-state index contributed by atoms with van der Waals surface area (Å²) in [6.45, 7) is 4.93. The van der Waals surface area contributed by atoms with Gasteiger partial charge < -0.3 is 5.11 Å². The van der Waals surface area contributed by atoms with Crippen LogP contribution in [0.15, 0.2) is 12.4 Å². The first-order valence-electron chi connectivity index (χ1n) is 7.31. The van der Waals surface area contributed by atoms with Crippen LogP contribution < -0.4 is 0 Å². The van der Waals surface area contributed by atoms with E-state index in [1.54, 1.807) is 17.1 Å². The van der Waals surface area contributed by atoms with Gasteiger partial charge in [0.25, 0.3) is 0 Å². The quantitative estimate of drug-likeness (QED) is 0.831. The summed E-state index contributed by atoms with van der Waals surface area (Å²) in [5, 5.41) is 13.0. The highest BCUT2D eigenvalue weighted by Crippen LogP contribution is 2.36. The first-order valence-corrected chi connectivity index (χ1v) is 7.31. The lowest BCUT2D eigenvalue weighted by atomic mass is 9.71. The first-order chi connectivity index (χ1) is 9.13. The number of hydrogen-bond donors (Lipinski definition) is 1. The number of hydrogen-bond acceptors (Lipinski definition) is 3. The Bertz CT molecular complexity index is 426. The van der Waals surface area contributed by atoms with E-state index in [0.717, 1.165) is 12.8 Å². The van der Waals surface area contributed by atoms with Crippen LogP contribution >= 0.6 is 0 Å². The lowest BCUT2D eigenvalue weighted by Gasteiger charge is -2.33. The van der Waals surface area contributed by atoms with Crippen molar-refractivity contribution < 1.29 is 9.90 Å². The van der Waals surface area contributed by atoms with Crippen molar-refractivity contribution in [3.05, 3.63) is 18.0 Å². The monoisotopic (exact) mass is 264 g/mol. The van der Waals surface area contributed by atoms with Crippen molar-refractivity contribution in [2.45, 2.75) is 46.1 Å². The van der Waals surface area contributed by atoms with Crippen LogP contribution in [-0.2, 0) is 6.54 Å². The first kappa shape index (κ1) is 14.3. The molecule has 1 aliphatic rings. The molecule has 1 N–H and O–H groups in total. The van der Waals surface area contributed by atoms with Gasteiger partial charge in [-0.05, 0) is 24.7 Å². The number of carbonyl (C=O) groups excluding carboxylic acids is 1. The third kappa shape index (κ3) is 3.24. The summed E-state index contributed by atoms with van der Waals surface area (Å²) in [6.07, 6.45) is 7.99. The Kier molecular flexibility index (Phi) is 4.75. The van der Waals surface area contributed by atoms with Gasteiger partial charge in [-0.1, -0.05) is 26.7 Å². The van der Waals surface area contributed by atoms with E-state index < -0.39 is 0 Å². The topological polar surface area (TPSA) is 55.1 Å². The molecule has 2 unspecified atom stereocenters. The molecule has 1 aliphatic carbocycles. The molecule has 2 rings (SSSR count). The average Bonchev–Trinajstić information content (AvgIpc) is 2.87. The number of carbonyl (C=O) groups is 1. The Morgan fingerprint density at radius 1 is 1.47 bits per heavy atom. The minimum absolute atomic E-state index is 0.0490. The van der Waals surface area contributed by atoms with E-state index in [-0.39, 0.29) is 18.3 Å². The SMILES string of the molecule is CC(C)C1CCCCC1C(=O)c1cnn(CCO)c1. The van der Waals surface area contributed by atoms with Gasteiger partial charge in [-0.2, -0.15) is 5.10 Å². The summed E-state index contributed by atoms with van der Waals surface area (Å²) in [6, 6.07) is 0. The smallest absolute Gasteiger partial charge is 0.169 e. The number of aliphatic hydroxyl groups excluding tert-OH is 1. The molecule has 0 aliphatic heterocycles. The van der Waals surface area contributed by atoms with Gasteiger partial charge in [-0.15, -0.1) is 0 Å². The van der Waals surface area contributed by atoms with Crippen molar-refractivity contribution in [2.24, 2.45) is 17.8 Å². The van der Waals surface area contributed by atoms with Gasteiger partial charge in [0.05, 0.1) is 24.9 Å². The van der Waals surface area contributed by atoms with Crippen molar-refractivity contribution >= 4 is 5.78 Å². The molecule has 0 amide bonds. The summed E-state index contributed by atoms with van der Waals surface area (Å²) in [5.74, 6) is 1.45. The third-order valence-corrected chi connectivity index (χ3v) is 4.26. The highest BCUT2D eigenvalue weighted by Gasteiger charge is 2.33. The van der Waals surface area contributed by atoms with Crippen LogP contribution in [-0.4, -0.2) is 27.3 Å². The van der Waals surface area contributed by atoms with E-state index in [1.165, 1.54) is 12.8 Å². The summed E-state index contributed by atoms with van der Waals surface area (Å²) in [5.41, 5.74) is 0.700. The molecule has 0 aromatic carbocycles. The van der Waals surface area contributed by atoms with Crippen LogP contribution in [0, 0.1) is 17.8 Å². The largest absolute Gasteiger partial charge is 0.394 e.